The van der Waals surface area contributed by atoms with Gasteiger partial charge in [-0.05, 0) is 67.8 Å². The van der Waals surface area contributed by atoms with Crippen molar-refractivity contribution in [3.05, 3.63) is 94.0 Å². The van der Waals surface area contributed by atoms with E-state index in [0.29, 0.717) is 27.8 Å². The molecule has 0 aromatic heterocycles. The van der Waals surface area contributed by atoms with Gasteiger partial charge in [0.25, 0.3) is 10.0 Å². The molecule has 0 aliphatic heterocycles. The molecule has 0 saturated heterocycles. The van der Waals surface area contributed by atoms with Gasteiger partial charge in [0, 0.05) is 13.1 Å². The van der Waals surface area contributed by atoms with Gasteiger partial charge in [0.15, 0.2) is 0 Å². The van der Waals surface area contributed by atoms with Crippen LogP contribution in [-0.2, 0) is 26.2 Å². The van der Waals surface area contributed by atoms with Crippen LogP contribution in [0.2, 0.25) is 10.0 Å². The lowest BCUT2D eigenvalue weighted by atomic mass is 10.1. The van der Waals surface area contributed by atoms with Crippen LogP contribution < -0.4 is 9.62 Å². The van der Waals surface area contributed by atoms with Gasteiger partial charge in [0.05, 0.1) is 20.6 Å². The first-order valence-corrected chi connectivity index (χ1v) is 14.9. The second-order valence-corrected chi connectivity index (χ2v) is 11.9. The first-order chi connectivity index (χ1) is 18.5. The molecule has 1 N–H and O–H groups in total. The van der Waals surface area contributed by atoms with E-state index in [1.165, 1.54) is 17.0 Å². The Bertz CT molecular complexity index is 1400. The van der Waals surface area contributed by atoms with Crippen LogP contribution in [-0.4, -0.2) is 44.3 Å². The fraction of sp³-hybridized carbons (Fsp3) is 0.310. The smallest absolute Gasteiger partial charge is 0.264 e. The summed E-state index contributed by atoms with van der Waals surface area (Å²) in [4.78, 5) is 28.3. The molecule has 10 heteroatoms. The summed E-state index contributed by atoms with van der Waals surface area (Å²) in [5.41, 5.74) is 1.84. The number of aryl methyl sites for hydroxylation is 1. The maximum absolute atomic E-state index is 13.9. The van der Waals surface area contributed by atoms with E-state index in [-0.39, 0.29) is 17.3 Å². The summed E-state index contributed by atoms with van der Waals surface area (Å²) in [5.74, 6) is -0.870. The monoisotopic (exact) mass is 589 g/mol. The molecule has 208 valence electrons. The van der Waals surface area contributed by atoms with Gasteiger partial charge in [-0.15, -0.1) is 0 Å². The Labute approximate surface area is 240 Å². The van der Waals surface area contributed by atoms with E-state index >= 15 is 0 Å². The van der Waals surface area contributed by atoms with Crippen LogP contribution >= 0.6 is 23.2 Å². The lowest BCUT2D eigenvalue weighted by Gasteiger charge is -2.32. The Morgan fingerprint density at radius 1 is 0.949 bits per heavy atom. The van der Waals surface area contributed by atoms with E-state index in [1.807, 2.05) is 19.9 Å². The average molecular weight is 591 g/mol. The molecule has 0 aliphatic carbocycles. The summed E-state index contributed by atoms with van der Waals surface area (Å²) in [6, 6.07) is 19.0. The number of benzene rings is 3. The zero-order chi connectivity index (χ0) is 28.6. The normalized spacial score (nSPS) is 12.0. The highest BCUT2D eigenvalue weighted by Gasteiger charge is 2.32. The van der Waals surface area contributed by atoms with Crippen LogP contribution in [0.25, 0.3) is 0 Å². The van der Waals surface area contributed by atoms with Crippen LogP contribution in [0.4, 0.5) is 5.69 Å². The van der Waals surface area contributed by atoms with Crippen LogP contribution in [0.1, 0.15) is 37.8 Å². The fourth-order valence-corrected chi connectivity index (χ4v) is 5.73. The van der Waals surface area contributed by atoms with Crippen molar-refractivity contribution in [1.29, 1.82) is 0 Å². The van der Waals surface area contributed by atoms with Gasteiger partial charge in [-0.1, -0.05) is 72.9 Å². The number of rotatable bonds is 12. The van der Waals surface area contributed by atoms with Crippen LogP contribution in [0.3, 0.4) is 0 Å². The summed E-state index contributed by atoms with van der Waals surface area (Å²) >= 11 is 12.3. The number of nitrogens with zero attached hydrogens (tertiary/aromatic N) is 2. The van der Waals surface area contributed by atoms with Crippen molar-refractivity contribution in [3.63, 3.8) is 0 Å². The molecule has 3 rings (SSSR count). The molecule has 0 aliphatic rings. The topological polar surface area (TPSA) is 86.8 Å². The molecule has 2 amide bonds. The third-order valence-electron chi connectivity index (χ3n) is 6.23. The molecular weight excluding hydrogens is 557 g/mol. The molecule has 3 aromatic rings. The number of carbonyl (C=O) groups excluding carboxylic acids is 2. The number of halogens is 2. The van der Waals surface area contributed by atoms with Crippen molar-refractivity contribution in [2.45, 2.75) is 51.1 Å². The molecule has 0 spiro atoms. The third-order valence-corrected chi connectivity index (χ3v) is 8.76. The van der Waals surface area contributed by atoms with E-state index < -0.39 is 28.5 Å². The highest BCUT2D eigenvalue weighted by Crippen LogP contribution is 2.26. The van der Waals surface area contributed by atoms with Gasteiger partial charge < -0.3 is 10.2 Å². The van der Waals surface area contributed by atoms with Gasteiger partial charge in [-0.2, -0.15) is 0 Å². The quantitative estimate of drug-likeness (QED) is 0.269. The SMILES string of the molecule is CCCCNC(=O)[C@H](C)N(Cc1ccc(Cl)c(Cl)c1)C(=O)CN(c1cccc(C)c1)S(=O)(=O)c1ccccc1. The first kappa shape index (κ1) is 30.5. The molecule has 0 heterocycles. The van der Waals surface area contributed by atoms with Crippen molar-refractivity contribution in [2.75, 3.05) is 17.4 Å². The van der Waals surface area contributed by atoms with E-state index in [0.717, 1.165) is 22.7 Å². The number of amides is 2. The van der Waals surface area contributed by atoms with Gasteiger partial charge in [-0.25, -0.2) is 8.42 Å². The number of anilines is 1. The van der Waals surface area contributed by atoms with Gasteiger partial charge in [0.1, 0.15) is 12.6 Å². The second kappa shape index (κ2) is 13.8. The zero-order valence-corrected chi connectivity index (χ0v) is 24.6. The Balaban J connectivity index is 2.00. The minimum Gasteiger partial charge on any atom is -0.354 e. The summed E-state index contributed by atoms with van der Waals surface area (Å²) in [6.07, 6.45) is 1.71. The standard InChI is InChI=1S/C29H33Cl2N3O4S/c1-4-5-16-32-29(36)22(3)33(19-23-14-15-26(30)27(31)18-23)28(35)20-34(24-11-9-10-21(2)17-24)39(37,38)25-12-7-6-8-13-25/h6-15,17-18,22H,4-5,16,19-20H2,1-3H3,(H,32,36)/t22-/m0/s1. The maximum atomic E-state index is 13.9. The largest absolute Gasteiger partial charge is 0.354 e. The molecule has 0 fully saturated rings. The number of nitrogens with one attached hydrogen (secondary N) is 1. The molecule has 1 atom stereocenters. The lowest BCUT2D eigenvalue weighted by molar-refractivity contribution is -0.139. The highest BCUT2D eigenvalue weighted by molar-refractivity contribution is 7.92. The fourth-order valence-electron chi connectivity index (χ4n) is 3.98. The number of unbranched alkanes of at least 4 members (excludes halogenated alkanes) is 1. The Kier molecular flexibility index (Phi) is 10.8. The third kappa shape index (κ3) is 7.97. The maximum Gasteiger partial charge on any atom is 0.264 e. The number of sulfonamides is 1. The molecule has 0 bridgehead atoms. The molecule has 0 unspecified atom stereocenters. The molecule has 0 radical (unpaired) electrons. The first-order valence-electron chi connectivity index (χ1n) is 12.7. The van der Waals surface area contributed by atoms with E-state index in [2.05, 4.69) is 5.32 Å². The Morgan fingerprint density at radius 3 is 2.31 bits per heavy atom. The highest BCUT2D eigenvalue weighted by atomic mass is 35.5. The zero-order valence-electron chi connectivity index (χ0n) is 22.2. The summed E-state index contributed by atoms with van der Waals surface area (Å²) in [7, 11) is -4.10. The Hall–Kier alpha value is -3.07. The molecule has 7 nitrogen and oxygen atoms in total. The molecule has 0 saturated carbocycles. The van der Waals surface area contributed by atoms with Crippen LogP contribution in [0, 0.1) is 6.92 Å². The predicted octanol–water partition coefficient (Wildman–Crippen LogP) is 5.83. The number of hydrogen-bond acceptors (Lipinski definition) is 4. The van der Waals surface area contributed by atoms with Gasteiger partial charge >= 0.3 is 0 Å². The minimum atomic E-state index is -4.10. The van der Waals surface area contributed by atoms with E-state index in [9.17, 15) is 18.0 Å². The summed E-state index contributed by atoms with van der Waals surface area (Å²) in [6.45, 7) is 5.49. The van der Waals surface area contributed by atoms with Crippen molar-refractivity contribution >= 4 is 50.7 Å². The predicted molar refractivity (Wildman–Crippen MR) is 157 cm³/mol. The number of carbonyl (C=O) groups is 2. The molecule has 39 heavy (non-hydrogen) atoms. The lowest BCUT2D eigenvalue weighted by Crippen LogP contribution is -2.51. The van der Waals surface area contributed by atoms with Gasteiger partial charge in [0.2, 0.25) is 11.8 Å². The van der Waals surface area contributed by atoms with Crippen molar-refractivity contribution in [1.82, 2.24) is 10.2 Å². The van der Waals surface area contributed by atoms with Crippen LogP contribution in [0.15, 0.2) is 77.7 Å². The van der Waals surface area contributed by atoms with Crippen molar-refractivity contribution in [3.8, 4) is 0 Å². The Morgan fingerprint density at radius 2 is 1.67 bits per heavy atom. The van der Waals surface area contributed by atoms with E-state index in [4.69, 9.17) is 23.2 Å². The molecular formula is C29H33Cl2N3O4S. The number of hydrogen-bond donors (Lipinski definition) is 1. The summed E-state index contributed by atoms with van der Waals surface area (Å²) < 4.78 is 28.6. The van der Waals surface area contributed by atoms with Crippen molar-refractivity contribution < 1.29 is 18.0 Å². The average Bonchev–Trinajstić information content (AvgIpc) is 2.92. The van der Waals surface area contributed by atoms with Crippen molar-refractivity contribution in [2.24, 2.45) is 0 Å². The summed E-state index contributed by atoms with van der Waals surface area (Å²) in [5, 5.41) is 3.54. The minimum absolute atomic E-state index is 0.0329. The van der Waals surface area contributed by atoms with Gasteiger partial charge in [-0.3, -0.25) is 13.9 Å². The molecule has 3 aromatic carbocycles. The second-order valence-electron chi connectivity index (χ2n) is 9.25. The van der Waals surface area contributed by atoms with Crippen LogP contribution in [0.5, 0.6) is 0 Å². The van der Waals surface area contributed by atoms with E-state index in [1.54, 1.807) is 61.5 Å².